The van der Waals surface area contributed by atoms with Crippen LogP contribution in [0.3, 0.4) is 0 Å². The minimum atomic E-state index is -4.44. The summed E-state index contributed by atoms with van der Waals surface area (Å²) in [6.07, 6.45) is -5.17. The van der Waals surface area contributed by atoms with Gasteiger partial charge in [-0.1, -0.05) is 12.1 Å². The van der Waals surface area contributed by atoms with E-state index in [2.05, 4.69) is 0 Å². The van der Waals surface area contributed by atoms with Gasteiger partial charge in [0.25, 0.3) is 0 Å². The van der Waals surface area contributed by atoms with Gasteiger partial charge in [-0.15, -0.1) is 0 Å². The number of rotatable bonds is 4. The minimum Gasteiger partial charge on any atom is -0.371 e. The van der Waals surface area contributed by atoms with Gasteiger partial charge in [0.2, 0.25) is 0 Å². The van der Waals surface area contributed by atoms with Crippen molar-refractivity contribution in [1.29, 1.82) is 0 Å². The number of ketones is 1. The molecule has 2 nitrogen and oxygen atoms in total. The van der Waals surface area contributed by atoms with Crippen LogP contribution in [0.5, 0.6) is 0 Å². The second-order valence-corrected chi connectivity index (χ2v) is 3.54. The fraction of sp³-hybridized carbons (Fsp3) is 0.417. The highest BCUT2D eigenvalue weighted by Gasteiger charge is 2.31. The lowest BCUT2D eigenvalue weighted by Gasteiger charge is -2.12. The molecule has 1 atom stereocenters. The average molecular weight is 246 g/mol. The molecule has 0 aliphatic rings. The molecule has 0 bridgehead atoms. The monoisotopic (exact) mass is 246 g/mol. The van der Waals surface area contributed by atoms with Gasteiger partial charge in [0.15, 0.2) is 5.78 Å². The van der Waals surface area contributed by atoms with Gasteiger partial charge in [0, 0.05) is 12.2 Å². The first-order valence-corrected chi connectivity index (χ1v) is 5.19. The van der Waals surface area contributed by atoms with Gasteiger partial charge in [0.1, 0.15) is 6.10 Å². The highest BCUT2D eigenvalue weighted by atomic mass is 19.4. The maximum atomic E-state index is 12.4. The third kappa shape index (κ3) is 3.56. The molecule has 1 rings (SSSR count). The summed E-state index contributed by atoms with van der Waals surface area (Å²) in [7, 11) is 0. The fourth-order valence-corrected chi connectivity index (χ4v) is 1.41. The van der Waals surface area contributed by atoms with Crippen molar-refractivity contribution in [2.45, 2.75) is 26.1 Å². The van der Waals surface area contributed by atoms with Crippen LogP contribution in [0.15, 0.2) is 24.3 Å². The van der Waals surface area contributed by atoms with Crippen LogP contribution in [0, 0.1) is 0 Å². The number of carbonyl (C=O) groups is 1. The smallest absolute Gasteiger partial charge is 0.371 e. The molecule has 0 amide bonds. The third-order valence-electron chi connectivity index (χ3n) is 2.26. The van der Waals surface area contributed by atoms with Crippen molar-refractivity contribution in [2.24, 2.45) is 0 Å². The number of Topliss-reactive ketones (excluding diaryl/α,β-unsaturated/α-hetero) is 1. The average Bonchev–Trinajstić information content (AvgIpc) is 2.27. The highest BCUT2D eigenvalue weighted by Crippen LogP contribution is 2.29. The maximum Gasteiger partial charge on any atom is 0.416 e. The number of halogens is 3. The number of ether oxygens (including phenoxy) is 1. The molecular formula is C12H13F3O2. The molecule has 17 heavy (non-hydrogen) atoms. The predicted octanol–water partition coefficient (Wildman–Crippen LogP) is 3.31. The SMILES string of the molecule is CCOC(C)C(=O)c1cccc(C(F)(F)F)c1. The van der Waals surface area contributed by atoms with Crippen molar-refractivity contribution in [2.75, 3.05) is 6.61 Å². The van der Waals surface area contributed by atoms with E-state index >= 15 is 0 Å². The zero-order valence-corrected chi connectivity index (χ0v) is 9.54. The molecular weight excluding hydrogens is 233 g/mol. The van der Waals surface area contributed by atoms with Crippen molar-refractivity contribution in [3.05, 3.63) is 35.4 Å². The molecule has 0 aliphatic carbocycles. The Bertz CT molecular complexity index is 399. The van der Waals surface area contributed by atoms with Gasteiger partial charge in [-0.2, -0.15) is 13.2 Å². The molecule has 0 saturated carbocycles. The van der Waals surface area contributed by atoms with Crippen molar-refractivity contribution in [3.63, 3.8) is 0 Å². The van der Waals surface area contributed by atoms with E-state index in [0.717, 1.165) is 12.1 Å². The highest BCUT2D eigenvalue weighted by molar-refractivity contribution is 5.99. The summed E-state index contributed by atoms with van der Waals surface area (Å²) in [5.41, 5.74) is -0.812. The summed E-state index contributed by atoms with van der Waals surface area (Å²) in [5.74, 6) is -0.446. The molecule has 0 saturated heterocycles. The summed E-state index contributed by atoms with van der Waals surface area (Å²) < 4.78 is 42.4. The maximum absolute atomic E-state index is 12.4. The predicted molar refractivity (Wildman–Crippen MR) is 56.9 cm³/mol. The van der Waals surface area contributed by atoms with Crippen LogP contribution >= 0.6 is 0 Å². The first kappa shape index (κ1) is 13.7. The van der Waals surface area contributed by atoms with Crippen molar-refractivity contribution >= 4 is 5.78 Å². The van der Waals surface area contributed by atoms with E-state index in [0.29, 0.717) is 6.61 Å². The molecule has 1 aromatic rings. The Hall–Kier alpha value is -1.36. The number of hydrogen-bond acceptors (Lipinski definition) is 2. The molecule has 0 radical (unpaired) electrons. The zero-order chi connectivity index (χ0) is 13.1. The van der Waals surface area contributed by atoms with E-state index < -0.39 is 23.6 Å². The Kier molecular flexibility index (Phi) is 4.28. The zero-order valence-electron chi connectivity index (χ0n) is 9.54. The van der Waals surface area contributed by atoms with Gasteiger partial charge < -0.3 is 4.74 Å². The molecule has 94 valence electrons. The van der Waals surface area contributed by atoms with Crippen LogP contribution in [0.25, 0.3) is 0 Å². The molecule has 0 aromatic heterocycles. The quantitative estimate of drug-likeness (QED) is 0.762. The van der Waals surface area contributed by atoms with Gasteiger partial charge >= 0.3 is 6.18 Å². The molecule has 0 aliphatic heterocycles. The Morgan fingerprint density at radius 1 is 1.41 bits per heavy atom. The molecule has 1 unspecified atom stereocenters. The van der Waals surface area contributed by atoms with Crippen LogP contribution in [0.2, 0.25) is 0 Å². The standard InChI is InChI=1S/C12H13F3O2/c1-3-17-8(2)11(16)9-5-4-6-10(7-9)12(13,14)15/h4-8H,3H2,1-2H3. The Labute approximate surface area is 97.4 Å². The second-order valence-electron chi connectivity index (χ2n) is 3.54. The van der Waals surface area contributed by atoms with E-state index in [-0.39, 0.29) is 5.56 Å². The second kappa shape index (κ2) is 5.31. The minimum absolute atomic E-state index is 0.0146. The Morgan fingerprint density at radius 3 is 2.59 bits per heavy atom. The van der Waals surface area contributed by atoms with Gasteiger partial charge in [-0.3, -0.25) is 4.79 Å². The molecule has 0 fully saturated rings. The van der Waals surface area contributed by atoms with Crippen LogP contribution in [0.1, 0.15) is 29.8 Å². The normalized spacial score (nSPS) is 13.5. The lowest BCUT2D eigenvalue weighted by molar-refractivity contribution is -0.137. The Morgan fingerprint density at radius 2 is 2.06 bits per heavy atom. The van der Waals surface area contributed by atoms with E-state index in [1.807, 2.05) is 0 Å². The lowest BCUT2D eigenvalue weighted by atomic mass is 10.0. The van der Waals surface area contributed by atoms with Gasteiger partial charge in [0.05, 0.1) is 5.56 Å². The summed E-state index contributed by atoms with van der Waals surface area (Å²) in [6, 6.07) is 4.35. The summed E-state index contributed by atoms with van der Waals surface area (Å²) in [6.45, 7) is 3.58. The van der Waals surface area contributed by atoms with Crippen LogP contribution in [-0.4, -0.2) is 18.5 Å². The van der Waals surface area contributed by atoms with E-state index in [1.165, 1.54) is 19.1 Å². The molecule has 5 heteroatoms. The number of carbonyl (C=O) groups excluding carboxylic acids is 1. The number of alkyl halides is 3. The van der Waals surface area contributed by atoms with Crippen LogP contribution in [-0.2, 0) is 10.9 Å². The van der Waals surface area contributed by atoms with Crippen molar-refractivity contribution in [3.8, 4) is 0 Å². The summed E-state index contributed by atoms with van der Waals surface area (Å²) in [4.78, 5) is 11.7. The summed E-state index contributed by atoms with van der Waals surface area (Å²) in [5, 5.41) is 0. The fourth-order valence-electron chi connectivity index (χ4n) is 1.41. The van der Waals surface area contributed by atoms with E-state index in [1.54, 1.807) is 6.92 Å². The van der Waals surface area contributed by atoms with Gasteiger partial charge in [-0.05, 0) is 26.0 Å². The number of hydrogen-bond donors (Lipinski definition) is 0. The lowest BCUT2D eigenvalue weighted by Crippen LogP contribution is -2.21. The largest absolute Gasteiger partial charge is 0.416 e. The van der Waals surface area contributed by atoms with E-state index in [4.69, 9.17) is 4.74 Å². The first-order chi connectivity index (χ1) is 7.86. The van der Waals surface area contributed by atoms with Crippen molar-refractivity contribution in [1.82, 2.24) is 0 Å². The molecule has 0 heterocycles. The van der Waals surface area contributed by atoms with Crippen LogP contribution in [0.4, 0.5) is 13.2 Å². The van der Waals surface area contributed by atoms with E-state index in [9.17, 15) is 18.0 Å². The third-order valence-corrected chi connectivity index (χ3v) is 2.26. The van der Waals surface area contributed by atoms with Crippen molar-refractivity contribution < 1.29 is 22.7 Å². The number of benzene rings is 1. The topological polar surface area (TPSA) is 26.3 Å². The van der Waals surface area contributed by atoms with Gasteiger partial charge in [-0.25, -0.2) is 0 Å². The molecule has 1 aromatic carbocycles. The molecule has 0 spiro atoms. The summed E-state index contributed by atoms with van der Waals surface area (Å²) >= 11 is 0. The first-order valence-electron chi connectivity index (χ1n) is 5.19. The molecule has 0 N–H and O–H groups in total. The Balaban J connectivity index is 2.96. The van der Waals surface area contributed by atoms with Crippen LogP contribution < -0.4 is 0 Å².